The predicted molar refractivity (Wildman–Crippen MR) is 111 cm³/mol. The van der Waals surface area contributed by atoms with Crippen molar-refractivity contribution < 1.29 is 14.5 Å². The number of hydrogen-bond acceptors (Lipinski definition) is 6. The molecule has 3 rings (SSSR count). The number of hydrogen-bond donors (Lipinski definition) is 0. The van der Waals surface area contributed by atoms with Gasteiger partial charge in [0.05, 0.1) is 15.5 Å². The number of anilines is 1. The normalized spacial score (nSPS) is 15.3. The fraction of sp³-hybridized carbons (Fsp3) is 0.0526. The Hall–Kier alpha value is -2.97. The summed E-state index contributed by atoms with van der Waals surface area (Å²) in [7, 11) is 0. The number of nitro benzene ring substituents is 1. The number of carbonyl (C=O) groups excluding carboxylic acids is 1. The quantitative estimate of drug-likeness (QED) is 0.233. The van der Waals surface area contributed by atoms with E-state index in [0.717, 1.165) is 5.56 Å². The average molecular weight is 398 g/mol. The van der Waals surface area contributed by atoms with Crippen LogP contribution < -0.4 is 9.64 Å². The summed E-state index contributed by atoms with van der Waals surface area (Å²) in [6.45, 7) is 3.98. The summed E-state index contributed by atoms with van der Waals surface area (Å²) in [5, 5.41) is 10.8. The number of thioether (sulfide) groups is 1. The van der Waals surface area contributed by atoms with Gasteiger partial charge in [0.1, 0.15) is 12.4 Å². The molecule has 0 aromatic heterocycles. The Bertz CT molecular complexity index is 954. The molecule has 0 N–H and O–H groups in total. The van der Waals surface area contributed by atoms with Crippen LogP contribution >= 0.6 is 24.0 Å². The zero-order chi connectivity index (χ0) is 19.4. The molecule has 8 heteroatoms. The van der Waals surface area contributed by atoms with Gasteiger partial charge in [-0.3, -0.25) is 19.8 Å². The van der Waals surface area contributed by atoms with Gasteiger partial charge in [0, 0.05) is 17.7 Å². The van der Waals surface area contributed by atoms with E-state index in [1.54, 1.807) is 12.2 Å². The predicted octanol–water partition coefficient (Wildman–Crippen LogP) is 4.57. The van der Waals surface area contributed by atoms with Crippen molar-refractivity contribution in [3.05, 3.63) is 81.8 Å². The van der Waals surface area contributed by atoms with Crippen LogP contribution in [0.2, 0.25) is 0 Å². The molecule has 27 heavy (non-hydrogen) atoms. The van der Waals surface area contributed by atoms with Crippen molar-refractivity contribution in [2.45, 2.75) is 0 Å². The lowest BCUT2D eigenvalue weighted by molar-refractivity contribution is -0.384. The molecule has 0 radical (unpaired) electrons. The minimum atomic E-state index is -0.492. The van der Waals surface area contributed by atoms with E-state index in [-0.39, 0.29) is 11.6 Å². The van der Waals surface area contributed by atoms with Gasteiger partial charge in [-0.05, 0) is 24.3 Å². The Kier molecular flexibility index (Phi) is 5.68. The molecule has 2 aromatic rings. The first-order valence-corrected chi connectivity index (χ1v) is 9.09. The number of amides is 1. The monoisotopic (exact) mass is 398 g/mol. The third-order valence-electron chi connectivity index (χ3n) is 3.67. The lowest BCUT2D eigenvalue weighted by Crippen LogP contribution is -2.27. The molecule has 1 amide bonds. The van der Waals surface area contributed by atoms with Crippen LogP contribution in [0.1, 0.15) is 5.56 Å². The molecule has 1 fully saturated rings. The number of rotatable bonds is 6. The lowest BCUT2D eigenvalue weighted by atomic mass is 10.2. The van der Waals surface area contributed by atoms with E-state index in [9.17, 15) is 14.9 Å². The van der Waals surface area contributed by atoms with Gasteiger partial charge in [-0.2, -0.15) is 0 Å². The van der Waals surface area contributed by atoms with Crippen LogP contribution in [0, 0.1) is 10.1 Å². The summed E-state index contributed by atoms with van der Waals surface area (Å²) in [4.78, 5) is 24.9. The highest BCUT2D eigenvalue weighted by Gasteiger charge is 2.33. The van der Waals surface area contributed by atoms with E-state index in [1.807, 2.05) is 24.3 Å². The van der Waals surface area contributed by atoms with E-state index in [4.69, 9.17) is 17.0 Å². The summed E-state index contributed by atoms with van der Waals surface area (Å²) in [6, 6.07) is 13.1. The SMILES string of the molecule is C=CCOc1ccccc1/C=C1/SC(=S)N(c2ccc([N+](=O)[O-])cc2)C1=O. The van der Waals surface area contributed by atoms with Crippen molar-refractivity contribution in [1.82, 2.24) is 0 Å². The molecule has 0 bridgehead atoms. The van der Waals surface area contributed by atoms with Gasteiger partial charge in [-0.1, -0.05) is 54.8 Å². The molecule has 0 spiro atoms. The highest BCUT2D eigenvalue weighted by molar-refractivity contribution is 8.27. The topological polar surface area (TPSA) is 72.7 Å². The summed E-state index contributed by atoms with van der Waals surface area (Å²) in [5.41, 5.74) is 1.19. The molecule has 0 saturated carbocycles. The second-order valence-corrected chi connectivity index (χ2v) is 7.10. The third kappa shape index (κ3) is 4.07. The van der Waals surface area contributed by atoms with Gasteiger partial charge >= 0.3 is 0 Å². The van der Waals surface area contributed by atoms with Crippen LogP contribution in [0.15, 0.2) is 66.1 Å². The Morgan fingerprint density at radius 3 is 2.59 bits per heavy atom. The highest BCUT2D eigenvalue weighted by atomic mass is 32.2. The molecule has 136 valence electrons. The van der Waals surface area contributed by atoms with Crippen molar-refractivity contribution in [3.63, 3.8) is 0 Å². The number of ether oxygens (including phenoxy) is 1. The van der Waals surface area contributed by atoms with E-state index < -0.39 is 4.92 Å². The van der Waals surface area contributed by atoms with Crippen molar-refractivity contribution in [2.24, 2.45) is 0 Å². The largest absolute Gasteiger partial charge is 0.489 e. The van der Waals surface area contributed by atoms with Crippen LogP contribution in [0.3, 0.4) is 0 Å². The van der Waals surface area contributed by atoms with Gasteiger partial charge in [0.15, 0.2) is 4.32 Å². The second kappa shape index (κ2) is 8.15. The molecule has 1 saturated heterocycles. The Balaban J connectivity index is 1.89. The van der Waals surface area contributed by atoms with E-state index in [0.29, 0.717) is 27.3 Å². The first-order valence-electron chi connectivity index (χ1n) is 7.86. The minimum absolute atomic E-state index is 0.0481. The number of nitrogens with zero attached hydrogens (tertiary/aromatic N) is 2. The molecule has 0 aliphatic carbocycles. The van der Waals surface area contributed by atoms with Gasteiger partial charge in [-0.15, -0.1) is 0 Å². The molecular weight excluding hydrogens is 384 g/mol. The maximum absolute atomic E-state index is 12.8. The number of nitro groups is 1. The van der Waals surface area contributed by atoms with Crippen LogP contribution in [0.5, 0.6) is 5.75 Å². The molecule has 0 unspecified atom stereocenters. The van der Waals surface area contributed by atoms with Crippen LogP contribution in [0.25, 0.3) is 6.08 Å². The summed E-state index contributed by atoms with van der Waals surface area (Å²) in [5.74, 6) is 0.357. The Morgan fingerprint density at radius 2 is 1.93 bits per heavy atom. The van der Waals surface area contributed by atoms with Gasteiger partial charge in [0.2, 0.25) is 0 Å². The van der Waals surface area contributed by atoms with Crippen LogP contribution in [-0.2, 0) is 4.79 Å². The van der Waals surface area contributed by atoms with Gasteiger partial charge < -0.3 is 4.74 Å². The third-order valence-corrected chi connectivity index (χ3v) is 4.98. The van der Waals surface area contributed by atoms with Crippen molar-refractivity contribution >= 4 is 51.7 Å². The Labute approximate surface area is 165 Å². The molecule has 1 heterocycles. The number of carbonyl (C=O) groups is 1. The lowest BCUT2D eigenvalue weighted by Gasteiger charge is -2.14. The van der Waals surface area contributed by atoms with Crippen molar-refractivity contribution in [2.75, 3.05) is 11.5 Å². The molecule has 1 aliphatic heterocycles. The fourth-order valence-electron chi connectivity index (χ4n) is 2.43. The maximum Gasteiger partial charge on any atom is 0.270 e. The van der Waals surface area contributed by atoms with Crippen LogP contribution in [-0.4, -0.2) is 21.8 Å². The zero-order valence-electron chi connectivity index (χ0n) is 14.0. The number of para-hydroxylation sites is 1. The van der Waals surface area contributed by atoms with E-state index in [1.165, 1.54) is 40.9 Å². The zero-order valence-corrected chi connectivity index (χ0v) is 15.7. The van der Waals surface area contributed by atoms with Crippen LogP contribution in [0.4, 0.5) is 11.4 Å². The van der Waals surface area contributed by atoms with Crippen molar-refractivity contribution in [3.8, 4) is 5.75 Å². The average Bonchev–Trinajstić information content (AvgIpc) is 2.94. The molecule has 6 nitrogen and oxygen atoms in total. The van der Waals surface area contributed by atoms with E-state index >= 15 is 0 Å². The smallest absolute Gasteiger partial charge is 0.270 e. The molecule has 0 atom stereocenters. The molecular formula is C19H14N2O4S2. The first kappa shape index (κ1) is 18.8. The Morgan fingerprint density at radius 1 is 1.22 bits per heavy atom. The summed E-state index contributed by atoms with van der Waals surface area (Å²) in [6.07, 6.45) is 3.37. The highest BCUT2D eigenvalue weighted by Crippen LogP contribution is 2.37. The number of non-ortho nitro benzene ring substituents is 1. The van der Waals surface area contributed by atoms with Crippen molar-refractivity contribution in [1.29, 1.82) is 0 Å². The summed E-state index contributed by atoms with van der Waals surface area (Å²) >= 11 is 6.50. The standard InChI is InChI=1S/C19H14N2O4S2/c1-2-11-25-16-6-4-3-5-13(16)12-17-18(22)20(19(26)27-17)14-7-9-15(10-8-14)21(23)24/h2-10,12H,1,11H2/b17-12+. The van der Waals surface area contributed by atoms with Gasteiger partial charge in [-0.25, -0.2) is 0 Å². The minimum Gasteiger partial charge on any atom is -0.489 e. The van der Waals surface area contributed by atoms with E-state index in [2.05, 4.69) is 6.58 Å². The molecule has 1 aliphatic rings. The maximum atomic E-state index is 12.8. The first-order chi connectivity index (χ1) is 13.0. The second-order valence-electron chi connectivity index (χ2n) is 5.43. The fourth-order valence-corrected chi connectivity index (χ4v) is 3.72. The number of thiocarbonyl (C=S) groups is 1. The summed E-state index contributed by atoms with van der Waals surface area (Å²) < 4.78 is 5.98. The molecule has 2 aromatic carbocycles. The number of benzene rings is 2. The van der Waals surface area contributed by atoms with Gasteiger partial charge in [0.25, 0.3) is 11.6 Å².